The van der Waals surface area contributed by atoms with Gasteiger partial charge in [-0.3, -0.25) is 9.59 Å². The van der Waals surface area contributed by atoms with E-state index in [4.69, 9.17) is 14.6 Å². The Balaban J connectivity index is 1.58. The van der Waals surface area contributed by atoms with Crippen LogP contribution in [0.15, 0.2) is 30.3 Å². The van der Waals surface area contributed by atoms with E-state index in [0.717, 1.165) is 12.8 Å². The number of hydrogen-bond donors (Lipinski definition) is 2. The van der Waals surface area contributed by atoms with Gasteiger partial charge in [0, 0.05) is 25.7 Å². The Kier molecular flexibility index (Phi) is 7.25. The number of carbonyl (C=O) groups excluding carboxylic acids is 2. The zero-order valence-electron chi connectivity index (χ0n) is 16.8. The fourth-order valence-corrected chi connectivity index (χ4v) is 4.63. The molecule has 0 amide bonds. The molecule has 0 radical (unpaired) electrons. The largest absolute Gasteiger partial charge is 0.481 e. The predicted octanol–water partition coefficient (Wildman–Crippen LogP) is 1.47. The predicted molar refractivity (Wildman–Crippen MR) is 105 cm³/mol. The summed E-state index contributed by atoms with van der Waals surface area (Å²) < 4.78 is 11.3. The Morgan fingerprint density at radius 3 is 2.59 bits per heavy atom. The molecule has 3 rings (SSSR count). The average Bonchev–Trinajstić information content (AvgIpc) is 2.94. The van der Waals surface area contributed by atoms with Crippen molar-refractivity contribution in [3.63, 3.8) is 0 Å². The Morgan fingerprint density at radius 2 is 1.86 bits per heavy atom. The molecule has 0 aromatic heterocycles. The monoisotopic (exact) mass is 404 g/mol. The molecule has 2 heterocycles. The summed E-state index contributed by atoms with van der Waals surface area (Å²) in [7, 11) is 2.10. The van der Waals surface area contributed by atoms with Crippen LogP contribution in [-0.4, -0.2) is 54.9 Å². The van der Waals surface area contributed by atoms with Crippen molar-refractivity contribution < 1.29 is 33.9 Å². The molecule has 2 fully saturated rings. The van der Waals surface area contributed by atoms with Gasteiger partial charge in [0.1, 0.15) is 18.1 Å². The third-order valence-electron chi connectivity index (χ3n) is 6.23. The van der Waals surface area contributed by atoms with Crippen molar-refractivity contribution in [1.29, 1.82) is 0 Å². The number of hydrogen-bond acceptors (Lipinski definition) is 5. The molecule has 1 aromatic carbocycles. The lowest BCUT2D eigenvalue weighted by atomic mass is 9.87. The number of piperidine rings is 1. The van der Waals surface area contributed by atoms with Crippen molar-refractivity contribution >= 4 is 17.9 Å². The van der Waals surface area contributed by atoms with E-state index in [0.29, 0.717) is 37.3 Å². The minimum Gasteiger partial charge on any atom is -0.481 e. The van der Waals surface area contributed by atoms with Crippen LogP contribution >= 0.6 is 0 Å². The minimum atomic E-state index is -0.811. The highest BCUT2D eigenvalue weighted by molar-refractivity contribution is 5.89. The molecule has 0 aliphatic carbocycles. The fraction of sp³-hybridized carbons (Fsp3) is 0.591. The lowest BCUT2D eigenvalue weighted by Crippen LogP contribution is -3.16. The van der Waals surface area contributed by atoms with E-state index in [1.807, 2.05) is 6.07 Å². The van der Waals surface area contributed by atoms with E-state index in [-0.39, 0.29) is 25.0 Å². The summed E-state index contributed by atoms with van der Waals surface area (Å²) >= 11 is 0. The average molecular weight is 404 g/mol. The van der Waals surface area contributed by atoms with Gasteiger partial charge in [0.25, 0.3) is 0 Å². The van der Waals surface area contributed by atoms with Crippen LogP contribution in [0.5, 0.6) is 0 Å². The summed E-state index contributed by atoms with van der Waals surface area (Å²) in [5.74, 6) is -1.98. The van der Waals surface area contributed by atoms with Crippen LogP contribution in [0.4, 0.5) is 0 Å². The summed E-state index contributed by atoms with van der Waals surface area (Å²) in [5.41, 5.74) is 0.483. The first-order chi connectivity index (χ1) is 14.0. The number of aliphatic carboxylic acids is 1. The molecule has 2 saturated heterocycles. The van der Waals surface area contributed by atoms with Crippen molar-refractivity contribution in [2.45, 2.75) is 63.1 Å². The quantitative estimate of drug-likeness (QED) is 0.478. The molecule has 2 bridgehead atoms. The van der Waals surface area contributed by atoms with Gasteiger partial charge in [-0.15, -0.1) is 0 Å². The Labute approximate surface area is 171 Å². The van der Waals surface area contributed by atoms with Crippen molar-refractivity contribution in [2.24, 2.45) is 5.92 Å². The molecule has 7 nitrogen and oxygen atoms in total. The lowest BCUT2D eigenvalue weighted by molar-refractivity contribution is -0.926. The SMILES string of the molecule is C[NH+]1[C@H]2CC[C@@H]1[C@@H](C(=O)OCCCCCC(=O)O)[C@@H](OC(=O)c1ccccc1)C2. The molecule has 158 valence electrons. The number of benzene rings is 1. The van der Waals surface area contributed by atoms with Gasteiger partial charge in [0.05, 0.1) is 25.3 Å². The number of carboxylic acids is 1. The maximum absolute atomic E-state index is 12.9. The molecule has 5 atom stereocenters. The van der Waals surface area contributed by atoms with Gasteiger partial charge >= 0.3 is 17.9 Å². The van der Waals surface area contributed by atoms with E-state index < -0.39 is 24.0 Å². The molecule has 2 N–H and O–H groups in total. The molecule has 0 saturated carbocycles. The zero-order valence-corrected chi connectivity index (χ0v) is 16.8. The second-order valence-electron chi connectivity index (χ2n) is 8.07. The first kappa shape index (κ1) is 21.3. The third kappa shape index (κ3) is 5.35. The number of nitrogens with one attached hydrogen (secondary N) is 1. The summed E-state index contributed by atoms with van der Waals surface area (Å²) in [4.78, 5) is 37.3. The van der Waals surface area contributed by atoms with Gasteiger partial charge < -0.3 is 19.5 Å². The normalized spacial score (nSPS) is 28.0. The van der Waals surface area contributed by atoms with E-state index in [9.17, 15) is 14.4 Å². The van der Waals surface area contributed by atoms with E-state index >= 15 is 0 Å². The Hall–Kier alpha value is -2.41. The Morgan fingerprint density at radius 1 is 1.10 bits per heavy atom. The number of quaternary nitrogens is 1. The molecular formula is C22H30NO6+. The molecule has 1 unspecified atom stereocenters. The van der Waals surface area contributed by atoms with Crippen LogP contribution in [0.1, 0.15) is 55.3 Å². The van der Waals surface area contributed by atoms with Gasteiger partial charge in [-0.1, -0.05) is 18.2 Å². The standard InChI is InChI=1S/C22H29NO6/c1-23-16-11-12-17(23)20(22(27)28-13-7-3-6-10-19(24)25)18(14-16)29-21(26)15-8-4-2-5-9-15/h2,4-5,8-9,16-18,20H,3,6-7,10-14H2,1H3,(H,24,25)/p+1/t16-,17+,18-,20+/m0/s1. The highest BCUT2D eigenvalue weighted by Gasteiger charge is 2.54. The van der Waals surface area contributed by atoms with Crippen LogP contribution in [0.25, 0.3) is 0 Å². The number of esters is 2. The van der Waals surface area contributed by atoms with Gasteiger partial charge in [-0.2, -0.15) is 0 Å². The molecule has 1 aromatic rings. The van der Waals surface area contributed by atoms with E-state index in [1.165, 1.54) is 4.90 Å². The molecule has 0 spiro atoms. The number of ether oxygens (including phenoxy) is 2. The second-order valence-corrected chi connectivity index (χ2v) is 8.07. The third-order valence-corrected chi connectivity index (χ3v) is 6.23. The van der Waals surface area contributed by atoms with E-state index in [1.54, 1.807) is 24.3 Å². The van der Waals surface area contributed by atoms with Crippen molar-refractivity contribution in [3.05, 3.63) is 35.9 Å². The molecular weight excluding hydrogens is 374 g/mol. The van der Waals surface area contributed by atoms with Crippen molar-refractivity contribution in [2.75, 3.05) is 13.7 Å². The summed E-state index contributed by atoms with van der Waals surface area (Å²) in [6.45, 7) is 0.267. The Bertz CT molecular complexity index is 721. The molecule has 7 heteroatoms. The maximum atomic E-state index is 12.9. The lowest BCUT2D eigenvalue weighted by Gasteiger charge is -2.38. The highest BCUT2D eigenvalue weighted by Crippen LogP contribution is 2.31. The van der Waals surface area contributed by atoms with Crippen molar-refractivity contribution in [1.82, 2.24) is 0 Å². The minimum absolute atomic E-state index is 0.0989. The smallest absolute Gasteiger partial charge is 0.338 e. The number of rotatable bonds is 9. The number of carboxylic acid groups (broad SMARTS) is 1. The summed E-state index contributed by atoms with van der Waals surface area (Å²) in [6, 6.07) is 9.33. The number of carbonyl (C=O) groups is 3. The topological polar surface area (TPSA) is 94.3 Å². The van der Waals surface area contributed by atoms with Gasteiger partial charge in [0.15, 0.2) is 0 Å². The first-order valence-electron chi connectivity index (χ1n) is 10.4. The van der Waals surface area contributed by atoms with Crippen LogP contribution in [0.3, 0.4) is 0 Å². The van der Waals surface area contributed by atoms with Crippen LogP contribution in [-0.2, 0) is 19.1 Å². The first-order valence-corrected chi connectivity index (χ1v) is 10.4. The van der Waals surface area contributed by atoms with Gasteiger partial charge in [0.2, 0.25) is 0 Å². The van der Waals surface area contributed by atoms with Crippen LogP contribution in [0, 0.1) is 5.92 Å². The van der Waals surface area contributed by atoms with Crippen LogP contribution < -0.4 is 4.90 Å². The number of unbranched alkanes of at least 4 members (excludes halogenated alkanes) is 2. The summed E-state index contributed by atoms with van der Waals surface area (Å²) in [5, 5.41) is 8.67. The zero-order chi connectivity index (χ0) is 20.8. The fourth-order valence-electron chi connectivity index (χ4n) is 4.63. The number of fused-ring (bicyclic) bond motifs is 2. The van der Waals surface area contributed by atoms with Crippen molar-refractivity contribution in [3.8, 4) is 0 Å². The molecule has 2 aliphatic rings. The highest BCUT2D eigenvalue weighted by atomic mass is 16.6. The second kappa shape index (κ2) is 9.87. The molecule has 2 aliphatic heterocycles. The maximum Gasteiger partial charge on any atom is 0.338 e. The summed E-state index contributed by atoms with van der Waals surface area (Å²) in [6.07, 6.45) is 4.19. The van der Waals surface area contributed by atoms with Gasteiger partial charge in [-0.25, -0.2) is 4.79 Å². The van der Waals surface area contributed by atoms with E-state index in [2.05, 4.69) is 7.05 Å². The van der Waals surface area contributed by atoms with Gasteiger partial charge in [-0.05, 0) is 31.4 Å². The molecule has 29 heavy (non-hydrogen) atoms. The van der Waals surface area contributed by atoms with Crippen LogP contribution in [0.2, 0.25) is 0 Å².